The molecule has 1 unspecified atom stereocenters. The third-order valence-electron chi connectivity index (χ3n) is 2.14. The molecule has 0 aliphatic carbocycles. The Labute approximate surface area is 90.3 Å². The van der Waals surface area contributed by atoms with Crippen molar-refractivity contribution in [2.75, 3.05) is 5.32 Å². The average Bonchev–Trinajstić information content (AvgIpc) is 2.73. The molecule has 0 radical (unpaired) electrons. The summed E-state index contributed by atoms with van der Waals surface area (Å²) >= 11 is 0. The molecule has 2 aromatic heterocycles. The van der Waals surface area contributed by atoms with E-state index < -0.39 is 12.0 Å². The van der Waals surface area contributed by atoms with Crippen molar-refractivity contribution in [3.8, 4) is 0 Å². The maximum atomic E-state index is 10.9. The van der Waals surface area contributed by atoms with Crippen LogP contribution in [0.4, 0.5) is 5.82 Å². The van der Waals surface area contributed by atoms with Crippen LogP contribution in [0, 0.1) is 0 Å². The average molecular weight is 222 g/mol. The number of aromatic nitrogens is 5. The van der Waals surface area contributed by atoms with Gasteiger partial charge in [-0.25, -0.2) is 4.79 Å². The molecule has 8 heteroatoms. The number of anilines is 1. The molecular formula is C8H10N6O2. The number of hydrogen-bond acceptors (Lipinski definition) is 6. The summed E-state index contributed by atoms with van der Waals surface area (Å²) in [7, 11) is 0. The number of nitrogens with zero attached hydrogens (tertiary/aromatic N) is 5. The highest BCUT2D eigenvalue weighted by molar-refractivity contribution is 5.76. The molecular weight excluding hydrogens is 212 g/mol. The lowest BCUT2D eigenvalue weighted by Crippen LogP contribution is -2.29. The van der Waals surface area contributed by atoms with Gasteiger partial charge < -0.3 is 10.4 Å². The van der Waals surface area contributed by atoms with Crippen LogP contribution in [0.2, 0.25) is 0 Å². The topological polar surface area (TPSA) is 105 Å². The summed E-state index contributed by atoms with van der Waals surface area (Å²) in [6, 6.07) is -0.684. The van der Waals surface area contributed by atoms with E-state index >= 15 is 0 Å². The van der Waals surface area contributed by atoms with Crippen LogP contribution in [0.25, 0.3) is 5.65 Å². The smallest absolute Gasteiger partial charge is 0.326 e. The van der Waals surface area contributed by atoms with Crippen LogP contribution in [0.15, 0.2) is 12.4 Å². The van der Waals surface area contributed by atoms with Crippen LogP contribution in [0.1, 0.15) is 13.3 Å². The molecule has 0 aromatic carbocycles. The molecule has 0 aliphatic heterocycles. The maximum absolute atomic E-state index is 10.9. The Morgan fingerprint density at radius 2 is 2.44 bits per heavy atom. The second-order valence-corrected chi connectivity index (χ2v) is 3.18. The molecule has 0 spiro atoms. The number of nitrogens with one attached hydrogen (secondary N) is 1. The zero-order valence-corrected chi connectivity index (χ0v) is 8.53. The van der Waals surface area contributed by atoms with Crippen molar-refractivity contribution < 1.29 is 9.90 Å². The highest BCUT2D eigenvalue weighted by Gasteiger charge is 2.16. The van der Waals surface area contributed by atoms with E-state index in [0.717, 1.165) is 0 Å². The molecule has 0 bridgehead atoms. The van der Waals surface area contributed by atoms with E-state index in [4.69, 9.17) is 5.11 Å². The lowest BCUT2D eigenvalue weighted by Gasteiger charge is -2.13. The molecule has 2 N–H and O–H groups in total. The monoisotopic (exact) mass is 222 g/mol. The van der Waals surface area contributed by atoms with Crippen LogP contribution < -0.4 is 5.32 Å². The first-order chi connectivity index (χ1) is 7.72. The largest absolute Gasteiger partial charge is 0.480 e. The van der Waals surface area contributed by atoms with Gasteiger partial charge in [-0.05, 0) is 16.8 Å². The van der Waals surface area contributed by atoms with Crippen LogP contribution >= 0.6 is 0 Å². The third kappa shape index (κ3) is 1.76. The van der Waals surface area contributed by atoms with Crippen molar-refractivity contribution in [1.82, 2.24) is 25.0 Å². The molecule has 0 amide bonds. The van der Waals surface area contributed by atoms with Gasteiger partial charge in [-0.3, -0.25) is 4.98 Å². The normalized spacial score (nSPS) is 12.6. The Morgan fingerprint density at radius 1 is 1.62 bits per heavy atom. The number of hydrogen-bond donors (Lipinski definition) is 2. The lowest BCUT2D eigenvalue weighted by molar-refractivity contribution is -0.137. The van der Waals surface area contributed by atoms with E-state index in [1.54, 1.807) is 6.92 Å². The van der Waals surface area contributed by atoms with Gasteiger partial charge in [-0.2, -0.15) is 4.52 Å². The molecule has 84 valence electrons. The number of tetrazole rings is 1. The van der Waals surface area contributed by atoms with E-state index in [2.05, 4.69) is 25.8 Å². The van der Waals surface area contributed by atoms with Gasteiger partial charge in [0.05, 0.1) is 12.4 Å². The Morgan fingerprint density at radius 3 is 3.12 bits per heavy atom. The fraction of sp³-hybridized carbons (Fsp3) is 0.375. The number of aliphatic carboxylic acids is 1. The van der Waals surface area contributed by atoms with Gasteiger partial charge in [0.15, 0.2) is 11.5 Å². The molecule has 0 saturated carbocycles. The Balaban J connectivity index is 2.33. The zero-order chi connectivity index (χ0) is 11.5. The number of carbonyl (C=O) groups is 1. The summed E-state index contributed by atoms with van der Waals surface area (Å²) < 4.78 is 1.40. The third-order valence-corrected chi connectivity index (χ3v) is 2.14. The van der Waals surface area contributed by atoms with Gasteiger partial charge >= 0.3 is 5.97 Å². The van der Waals surface area contributed by atoms with Crippen molar-refractivity contribution >= 4 is 17.4 Å². The summed E-state index contributed by atoms with van der Waals surface area (Å²) in [6.45, 7) is 1.78. The molecule has 0 saturated heterocycles. The molecule has 2 aromatic rings. The predicted octanol–water partition coefficient (Wildman–Crippen LogP) is -0.206. The highest BCUT2D eigenvalue weighted by atomic mass is 16.4. The van der Waals surface area contributed by atoms with Crippen molar-refractivity contribution in [2.24, 2.45) is 0 Å². The first kappa shape index (κ1) is 10.3. The summed E-state index contributed by atoms with van der Waals surface area (Å²) in [6.07, 6.45) is 3.43. The van der Waals surface area contributed by atoms with Gasteiger partial charge in [-0.15, -0.1) is 5.10 Å². The minimum absolute atomic E-state index is 0.452. The maximum Gasteiger partial charge on any atom is 0.326 e. The zero-order valence-electron chi connectivity index (χ0n) is 8.53. The van der Waals surface area contributed by atoms with Crippen LogP contribution in [0.3, 0.4) is 0 Å². The fourth-order valence-electron chi connectivity index (χ4n) is 1.29. The minimum Gasteiger partial charge on any atom is -0.480 e. The molecule has 0 aliphatic rings. The van der Waals surface area contributed by atoms with E-state index in [0.29, 0.717) is 17.9 Å². The predicted molar refractivity (Wildman–Crippen MR) is 53.9 cm³/mol. The van der Waals surface area contributed by atoms with Crippen molar-refractivity contribution in [3.05, 3.63) is 12.4 Å². The van der Waals surface area contributed by atoms with E-state index in [9.17, 15) is 4.79 Å². The minimum atomic E-state index is -0.924. The van der Waals surface area contributed by atoms with Crippen LogP contribution in [0.5, 0.6) is 0 Å². The molecule has 0 fully saturated rings. The standard InChI is InChI=1S/C8H10N6O2/c1-2-5(8(15)16)10-6-3-9-4-7-11-12-13-14(6)7/h3-5,10H,2H2,1H3,(H,15,16). The number of rotatable bonds is 4. The van der Waals surface area contributed by atoms with Gasteiger partial charge in [-0.1, -0.05) is 6.92 Å². The van der Waals surface area contributed by atoms with Gasteiger partial charge in [0.25, 0.3) is 0 Å². The first-order valence-corrected chi connectivity index (χ1v) is 4.74. The number of carboxylic acid groups (broad SMARTS) is 1. The van der Waals surface area contributed by atoms with Crippen molar-refractivity contribution in [1.29, 1.82) is 0 Å². The molecule has 2 rings (SSSR count). The number of fused-ring (bicyclic) bond motifs is 1. The summed E-state index contributed by atoms with van der Waals surface area (Å²) in [5, 5.41) is 22.6. The van der Waals surface area contributed by atoms with E-state index in [-0.39, 0.29) is 0 Å². The Hall–Kier alpha value is -2.25. The summed E-state index contributed by atoms with van der Waals surface area (Å²) in [5.74, 6) is -0.468. The highest BCUT2D eigenvalue weighted by Crippen LogP contribution is 2.08. The second-order valence-electron chi connectivity index (χ2n) is 3.18. The van der Waals surface area contributed by atoms with Crippen molar-refractivity contribution in [3.63, 3.8) is 0 Å². The van der Waals surface area contributed by atoms with Crippen molar-refractivity contribution in [2.45, 2.75) is 19.4 Å². The van der Waals surface area contributed by atoms with E-state index in [1.807, 2.05) is 0 Å². The molecule has 1 atom stereocenters. The van der Waals surface area contributed by atoms with E-state index in [1.165, 1.54) is 16.9 Å². The lowest BCUT2D eigenvalue weighted by atomic mass is 10.2. The second kappa shape index (κ2) is 4.09. The Bertz CT molecular complexity index is 510. The summed E-state index contributed by atoms with van der Waals surface area (Å²) in [5.41, 5.74) is 0.463. The quantitative estimate of drug-likeness (QED) is 0.737. The SMILES string of the molecule is CCC(Nc1cncc2nnnn12)C(=O)O. The van der Waals surface area contributed by atoms with Gasteiger partial charge in [0, 0.05) is 0 Å². The van der Waals surface area contributed by atoms with Gasteiger partial charge in [0.1, 0.15) is 6.04 Å². The molecule has 8 nitrogen and oxygen atoms in total. The Kier molecular flexibility index (Phi) is 2.63. The van der Waals surface area contributed by atoms with Crippen LogP contribution in [-0.4, -0.2) is 42.1 Å². The number of carboxylic acids is 1. The first-order valence-electron chi connectivity index (χ1n) is 4.74. The fourth-order valence-corrected chi connectivity index (χ4v) is 1.29. The molecule has 2 heterocycles. The summed E-state index contributed by atoms with van der Waals surface area (Å²) in [4.78, 5) is 14.8. The van der Waals surface area contributed by atoms with Gasteiger partial charge in [0.2, 0.25) is 0 Å². The van der Waals surface area contributed by atoms with Crippen LogP contribution in [-0.2, 0) is 4.79 Å². The molecule has 16 heavy (non-hydrogen) atoms.